The van der Waals surface area contributed by atoms with Gasteiger partial charge in [-0.25, -0.2) is 4.39 Å². The van der Waals surface area contributed by atoms with E-state index in [1.54, 1.807) is 0 Å². The highest BCUT2D eigenvalue weighted by atomic mass is 35.5. The van der Waals surface area contributed by atoms with Crippen LogP contribution in [0.15, 0.2) is 12.1 Å². The van der Waals surface area contributed by atoms with Crippen molar-refractivity contribution in [2.45, 2.75) is 0 Å². The fourth-order valence-corrected chi connectivity index (χ4v) is 1.21. The van der Waals surface area contributed by atoms with E-state index in [2.05, 4.69) is 0 Å². The molecule has 0 aromatic heterocycles. The summed E-state index contributed by atoms with van der Waals surface area (Å²) in [5, 5.41) is 6.98. The molecule has 1 rings (SSSR count). The summed E-state index contributed by atoms with van der Waals surface area (Å²) in [7, 11) is 1.40. The molecule has 0 amide bonds. The van der Waals surface area contributed by atoms with Crippen LogP contribution in [0.25, 0.3) is 0 Å². The van der Waals surface area contributed by atoms with Gasteiger partial charge in [0, 0.05) is 0 Å². The third-order valence-electron chi connectivity index (χ3n) is 1.55. The zero-order chi connectivity index (χ0) is 10.0. The molecule has 70 valence electrons. The maximum Gasteiger partial charge on any atom is 0.142 e. The molecule has 1 aromatic carbocycles. The van der Waals surface area contributed by atoms with E-state index >= 15 is 0 Å². The Morgan fingerprint density at radius 2 is 2.23 bits per heavy atom. The number of halogens is 2. The summed E-state index contributed by atoms with van der Waals surface area (Å²) >= 11 is 5.60. The molecule has 0 heterocycles. The minimum Gasteiger partial charge on any atom is -0.496 e. The van der Waals surface area contributed by atoms with Crippen molar-refractivity contribution in [1.82, 2.24) is 0 Å². The number of nitrogens with one attached hydrogen (secondary N) is 1. The summed E-state index contributed by atoms with van der Waals surface area (Å²) in [5.41, 5.74) is 5.30. The lowest BCUT2D eigenvalue weighted by molar-refractivity contribution is 0.412. The van der Waals surface area contributed by atoms with E-state index in [1.165, 1.54) is 13.2 Å². The van der Waals surface area contributed by atoms with Crippen LogP contribution in [0.2, 0.25) is 5.02 Å². The molecule has 0 aliphatic rings. The smallest absolute Gasteiger partial charge is 0.142 e. The highest BCUT2D eigenvalue weighted by molar-refractivity contribution is 6.34. The van der Waals surface area contributed by atoms with Crippen LogP contribution >= 0.6 is 11.6 Å². The molecular formula is C8H8ClFN2O. The van der Waals surface area contributed by atoms with Gasteiger partial charge in [-0.15, -0.1) is 0 Å². The van der Waals surface area contributed by atoms with Gasteiger partial charge in [-0.05, 0) is 12.1 Å². The van der Waals surface area contributed by atoms with Gasteiger partial charge < -0.3 is 10.5 Å². The fraction of sp³-hybridized carbons (Fsp3) is 0.125. The molecule has 5 heteroatoms. The molecule has 0 fully saturated rings. The van der Waals surface area contributed by atoms with Gasteiger partial charge in [0.05, 0.1) is 17.7 Å². The molecule has 0 saturated heterocycles. The van der Waals surface area contributed by atoms with Crippen LogP contribution < -0.4 is 10.5 Å². The average Bonchev–Trinajstić information content (AvgIpc) is 2.08. The van der Waals surface area contributed by atoms with Crippen LogP contribution in [0.3, 0.4) is 0 Å². The third-order valence-corrected chi connectivity index (χ3v) is 1.92. The number of hydrogen-bond acceptors (Lipinski definition) is 2. The lowest BCUT2D eigenvalue weighted by Crippen LogP contribution is -2.13. The first kappa shape index (κ1) is 9.80. The maximum atomic E-state index is 12.9. The number of hydrogen-bond donors (Lipinski definition) is 2. The third kappa shape index (κ3) is 1.72. The highest BCUT2D eigenvalue weighted by Crippen LogP contribution is 2.28. The van der Waals surface area contributed by atoms with Gasteiger partial charge in [0.15, 0.2) is 0 Å². The number of ether oxygens (including phenoxy) is 1. The summed E-state index contributed by atoms with van der Waals surface area (Å²) in [5.74, 6) is -0.645. The van der Waals surface area contributed by atoms with Crippen molar-refractivity contribution in [3.05, 3.63) is 28.5 Å². The predicted molar refractivity (Wildman–Crippen MR) is 49.0 cm³/mol. The summed E-state index contributed by atoms with van der Waals surface area (Å²) < 4.78 is 17.8. The number of amidine groups is 1. The second-order valence-electron chi connectivity index (χ2n) is 2.35. The van der Waals surface area contributed by atoms with Gasteiger partial charge in [-0.3, -0.25) is 5.41 Å². The number of nitrogen functional groups attached to an aromatic ring is 1. The Kier molecular flexibility index (Phi) is 2.72. The van der Waals surface area contributed by atoms with Crippen molar-refractivity contribution >= 4 is 17.4 Å². The van der Waals surface area contributed by atoms with Gasteiger partial charge in [-0.2, -0.15) is 0 Å². The minimum atomic E-state index is -0.618. The van der Waals surface area contributed by atoms with E-state index in [4.69, 9.17) is 27.5 Å². The molecule has 1 aromatic rings. The zero-order valence-corrected chi connectivity index (χ0v) is 7.65. The largest absolute Gasteiger partial charge is 0.496 e. The molecule has 0 spiro atoms. The van der Waals surface area contributed by atoms with Crippen molar-refractivity contribution < 1.29 is 9.13 Å². The average molecular weight is 203 g/mol. The van der Waals surface area contributed by atoms with Crippen LogP contribution in [-0.2, 0) is 0 Å². The molecule has 13 heavy (non-hydrogen) atoms. The molecule has 0 atom stereocenters. The monoisotopic (exact) mass is 202 g/mol. The number of nitrogens with two attached hydrogens (primary N) is 1. The fourth-order valence-electron chi connectivity index (χ4n) is 0.954. The zero-order valence-electron chi connectivity index (χ0n) is 6.90. The number of rotatable bonds is 2. The molecule has 0 bridgehead atoms. The SMILES string of the molecule is COc1ccc(F)c(Cl)c1C(=N)N. The van der Waals surface area contributed by atoms with E-state index in [-0.39, 0.29) is 16.4 Å². The molecule has 3 N–H and O–H groups in total. The predicted octanol–water partition coefficient (Wildman–Crippen LogP) is 1.77. The molecule has 0 unspecified atom stereocenters. The van der Waals surface area contributed by atoms with Gasteiger partial charge in [0.1, 0.15) is 17.4 Å². The van der Waals surface area contributed by atoms with Crippen LogP contribution in [0.1, 0.15) is 5.56 Å². The molecule has 0 aliphatic heterocycles. The van der Waals surface area contributed by atoms with Crippen molar-refractivity contribution in [1.29, 1.82) is 5.41 Å². The first-order chi connectivity index (χ1) is 6.07. The van der Waals surface area contributed by atoms with Crippen LogP contribution in [0.4, 0.5) is 4.39 Å². The van der Waals surface area contributed by atoms with E-state index in [0.717, 1.165) is 6.07 Å². The normalized spacial score (nSPS) is 9.77. The van der Waals surface area contributed by atoms with Gasteiger partial charge in [0.25, 0.3) is 0 Å². The first-order valence-electron chi connectivity index (χ1n) is 3.44. The Morgan fingerprint density at radius 1 is 1.62 bits per heavy atom. The number of benzene rings is 1. The van der Waals surface area contributed by atoms with Crippen molar-refractivity contribution in [2.24, 2.45) is 5.73 Å². The van der Waals surface area contributed by atoms with E-state index in [1.807, 2.05) is 0 Å². The van der Waals surface area contributed by atoms with Crippen molar-refractivity contribution in [3.8, 4) is 5.75 Å². The first-order valence-corrected chi connectivity index (χ1v) is 3.82. The van der Waals surface area contributed by atoms with E-state index in [0.29, 0.717) is 5.75 Å². The summed E-state index contributed by atoms with van der Waals surface area (Å²) in [4.78, 5) is 0. The van der Waals surface area contributed by atoms with E-state index in [9.17, 15) is 4.39 Å². The second-order valence-corrected chi connectivity index (χ2v) is 2.73. The Bertz CT molecular complexity index is 354. The standard InChI is InChI=1S/C8H8ClFN2O/c1-13-5-3-2-4(10)7(9)6(5)8(11)12/h2-3H,1H3,(H3,11,12). The maximum absolute atomic E-state index is 12.9. The van der Waals surface area contributed by atoms with Gasteiger partial charge in [-0.1, -0.05) is 11.6 Å². The molecular weight excluding hydrogens is 195 g/mol. The lowest BCUT2D eigenvalue weighted by Gasteiger charge is -2.08. The Balaban J connectivity index is 3.41. The lowest BCUT2D eigenvalue weighted by atomic mass is 10.2. The Hall–Kier alpha value is -1.29. The molecule has 3 nitrogen and oxygen atoms in total. The van der Waals surface area contributed by atoms with Gasteiger partial charge in [0.2, 0.25) is 0 Å². The second kappa shape index (κ2) is 3.62. The Labute approximate surface area is 79.8 Å². The van der Waals surface area contributed by atoms with Crippen molar-refractivity contribution in [3.63, 3.8) is 0 Å². The topological polar surface area (TPSA) is 59.1 Å². The van der Waals surface area contributed by atoms with Crippen molar-refractivity contribution in [2.75, 3.05) is 7.11 Å². The summed E-state index contributed by atoms with van der Waals surface area (Å²) in [6.07, 6.45) is 0. The van der Waals surface area contributed by atoms with Crippen LogP contribution in [0, 0.1) is 11.2 Å². The molecule has 0 saturated carbocycles. The molecule has 0 aliphatic carbocycles. The minimum absolute atomic E-state index is 0.0872. The summed E-state index contributed by atoms with van der Waals surface area (Å²) in [6.45, 7) is 0. The van der Waals surface area contributed by atoms with Crippen LogP contribution in [-0.4, -0.2) is 12.9 Å². The summed E-state index contributed by atoms with van der Waals surface area (Å²) in [6, 6.07) is 2.53. The quantitative estimate of drug-likeness (QED) is 0.567. The van der Waals surface area contributed by atoms with E-state index < -0.39 is 5.82 Å². The highest BCUT2D eigenvalue weighted by Gasteiger charge is 2.14. The van der Waals surface area contributed by atoms with Gasteiger partial charge >= 0.3 is 0 Å². The molecule has 0 radical (unpaired) electrons. The van der Waals surface area contributed by atoms with Crippen LogP contribution in [0.5, 0.6) is 5.75 Å². The number of methoxy groups -OCH3 is 1. The Morgan fingerprint density at radius 3 is 2.69 bits per heavy atom.